The summed E-state index contributed by atoms with van der Waals surface area (Å²) in [6.07, 6.45) is 39.8. The fourth-order valence-electron chi connectivity index (χ4n) is 23.7. The molecule has 15 heteroatoms. The van der Waals surface area contributed by atoms with Crippen molar-refractivity contribution in [3.63, 3.8) is 0 Å². The molecule has 0 spiro atoms. The van der Waals surface area contributed by atoms with Gasteiger partial charge in [0, 0.05) is 51.8 Å². The first-order valence-corrected chi connectivity index (χ1v) is 38.6. The van der Waals surface area contributed by atoms with Crippen molar-refractivity contribution in [2.75, 3.05) is 7.11 Å². The molecule has 4 heterocycles. The summed E-state index contributed by atoms with van der Waals surface area (Å²) < 4.78 is 28.9. The monoisotopic (exact) mass is 1370 g/mol. The Kier molecular flexibility index (Phi) is 17.5. The molecule has 4 aromatic heterocycles. The molecule has 97 heavy (non-hydrogen) atoms. The molecular formula is C82H99BrN8O6. The number of ether oxygens (including phenoxy) is 1. The number of hydrogen-bond donors (Lipinski definition) is 1. The van der Waals surface area contributed by atoms with Gasteiger partial charge in [-0.1, -0.05) is 103 Å². The van der Waals surface area contributed by atoms with Crippen molar-refractivity contribution in [3.8, 4) is 11.5 Å². The predicted molar refractivity (Wildman–Crippen MR) is 373 cm³/mol. The molecule has 16 aliphatic carbocycles. The van der Waals surface area contributed by atoms with E-state index in [1.54, 1.807) is 19.2 Å². The first kappa shape index (κ1) is 63.9. The summed E-state index contributed by atoms with van der Waals surface area (Å²) in [6.45, 7) is 2.12. The minimum atomic E-state index is 0.217. The second kappa shape index (κ2) is 26.6. The van der Waals surface area contributed by atoms with Crippen LogP contribution in [0.5, 0.6) is 11.5 Å². The van der Waals surface area contributed by atoms with Gasteiger partial charge in [0.1, 0.15) is 11.5 Å². The Labute approximate surface area is 581 Å². The molecule has 8 aromatic rings. The fraction of sp³-hybridized carbons (Fsp3) is 0.610. The molecule has 0 aliphatic heterocycles. The summed E-state index contributed by atoms with van der Waals surface area (Å²) >= 11 is 3.48. The van der Waals surface area contributed by atoms with Gasteiger partial charge in [-0.15, -0.1) is 0 Å². The van der Waals surface area contributed by atoms with Gasteiger partial charge in [0.05, 0.1) is 7.11 Å². The van der Waals surface area contributed by atoms with Crippen LogP contribution in [0.3, 0.4) is 0 Å². The number of nitrogens with zero attached hydrogens (tertiary/aromatic N) is 8. The third-order valence-corrected chi connectivity index (χ3v) is 27.1. The van der Waals surface area contributed by atoms with E-state index in [1.807, 2.05) is 24.3 Å². The molecule has 16 bridgehead atoms. The SMILES string of the molecule is Brc1ccc(CCc2nc(C34CC5CC(CC(C5)C3)C4)no2)cc1.COc1cccc(CCc2nc(C34CC5CC(CC(C5)C3)C4)no2)c1.Cc1ccc(CCc2nc(C34CC5CC(CC(C5)C3)C4)no2)cc1.Oc1ccc(CCc2nc(C34CC5CC(CC(C5)C3)C4)no2)cc1. The number of aromatic nitrogens is 8. The highest BCUT2D eigenvalue weighted by Crippen LogP contribution is 2.64. The van der Waals surface area contributed by atoms with E-state index in [0.717, 1.165) is 179 Å². The van der Waals surface area contributed by atoms with E-state index in [0.29, 0.717) is 5.75 Å². The molecule has 16 aliphatic rings. The Bertz CT molecular complexity index is 3550. The minimum absolute atomic E-state index is 0.217. The first-order valence-electron chi connectivity index (χ1n) is 37.8. The van der Waals surface area contributed by atoms with Crippen LogP contribution in [-0.2, 0) is 73.0 Å². The van der Waals surface area contributed by atoms with E-state index in [2.05, 4.69) is 104 Å². The van der Waals surface area contributed by atoms with Crippen LogP contribution in [0.2, 0.25) is 0 Å². The molecular weight excluding hydrogens is 1270 g/mol. The van der Waals surface area contributed by atoms with Crippen molar-refractivity contribution >= 4 is 15.9 Å². The smallest absolute Gasteiger partial charge is 0.226 e. The molecule has 0 atom stereocenters. The average molecular weight is 1370 g/mol. The normalized spacial score (nSPS) is 33.7. The third kappa shape index (κ3) is 13.7. The zero-order chi connectivity index (χ0) is 65.3. The van der Waals surface area contributed by atoms with Gasteiger partial charge in [-0.2, -0.15) is 19.9 Å². The van der Waals surface area contributed by atoms with Gasteiger partial charge in [-0.25, -0.2) is 0 Å². The number of phenolic OH excluding ortho intramolecular Hbond substituents is 1. The zero-order valence-corrected chi connectivity index (χ0v) is 58.8. The zero-order valence-electron chi connectivity index (χ0n) is 57.2. The molecule has 0 amide bonds. The quantitative estimate of drug-likeness (QED) is 0.0908. The lowest BCUT2D eigenvalue weighted by Gasteiger charge is -2.55. The van der Waals surface area contributed by atoms with E-state index < -0.39 is 0 Å². The van der Waals surface area contributed by atoms with Crippen LogP contribution < -0.4 is 4.74 Å². The van der Waals surface area contributed by atoms with E-state index in [4.69, 9.17) is 42.8 Å². The van der Waals surface area contributed by atoms with Gasteiger partial charge >= 0.3 is 0 Å². The predicted octanol–water partition coefficient (Wildman–Crippen LogP) is 18.1. The van der Waals surface area contributed by atoms with E-state index in [9.17, 15) is 5.11 Å². The molecule has 24 rings (SSSR count). The van der Waals surface area contributed by atoms with Gasteiger partial charge in [0.25, 0.3) is 0 Å². The van der Waals surface area contributed by atoms with Crippen LogP contribution in [0, 0.1) is 77.9 Å². The van der Waals surface area contributed by atoms with Crippen molar-refractivity contribution in [3.05, 3.63) is 176 Å². The standard InChI is InChI=1S/C21H26N2O2.C21H26N2O.C20H23BrN2O.C20H24N2O2/c1-24-18-4-2-3-14(10-18)5-6-19-22-20(23-25-19)21-11-15-7-16(12-21)9-17(8-15)13-21;1-14-2-4-15(5-3-14)6-7-19-22-20(23-24-19)21-11-16-8-17(12-21)10-18(9-16)13-21;21-17-4-1-13(2-5-17)3-6-18-22-19(23-24-18)20-10-14-7-15(11-20)9-16(8-14)12-20;23-17-4-1-13(2-5-17)3-6-18-21-19(22-24-18)20-10-14-7-15(11-20)9-16(8-14)12-20/h2-4,10,15-17H,5-9,11-13H2,1H3;2-5,16-18H,6-13H2,1H3;1-2,4-5,14-16H,3,6-12H2;1-2,4-5,14-16,23H,3,6-12H2. The molecule has 0 unspecified atom stereocenters. The molecule has 14 nitrogen and oxygen atoms in total. The number of phenols is 1. The minimum Gasteiger partial charge on any atom is -0.508 e. The average Bonchev–Trinajstić information content (AvgIpc) is 1.73. The lowest BCUT2D eigenvalue weighted by molar-refractivity contribution is -0.0104. The van der Waals surface area contributed by atoms with Crippen molar-refractivity contribution in [1.29, 1.82) is 0 Å². The largest absolute Gasteiger partial charge is 0.508 e. The maximum atomic E-state index is 9.36. The molecule has 510 valence electrons. The van der Waals surface area contributed by atoms with Gasteiger partial charge < -0.3 is 27.9 Å². The summed E-state index contributed by atoms with van der Waals surface area (Å²) in [5.74, 6) is 19.4. The molecule has 0 radical (unpaired) electrons. The van der Waals surface area contributed by atoms with Crippen LogP contribution >= 0.6 is 15.9 Å². The maximum absolute atomic E-state index is 9.36. The number of hydrogen-bond acceptors (Lipinski definition) is 14. The summed E-state index contributed by atoms with van der Waals surface area (Å²) in [4.78, 5) is 19.4. The highest BCUT2D eigenvalue weighted by atomic mass is 79.9. The van der Waals surface area contributed by atoms with Gasteiger partial charge in [0.2, 0.25) is 23.6 Å². The van der Waals surface area contributed by atoms with Crippen molar-refractivity contribution in [1.82, 2.24) is 40.6 Å². The van der Waals surface area contributed by atoms with Gasteiger partial charge in [0.15, 0.2) is 23.3 Å². The summed E-state index contributed by atoms with van der Waals surface area (Å²) in [7, 11) is 1.70. The molecule has 4 aromatic carbocycles. The van der Waals surface area contributed by atoms with Crippen LogP contribution in [0.4, 0.5) is 0 Å². The summed E-state index contributed by atoms with van der Waals surface area (Å²) in [6, 6.07) is 32.8. The number of aryl methyl sites for hydroxylation is 9. The highest BCUT2D eigenvalue weighted by molar-refractivity contribution is 9.10. The van der Waals surface area contributed by atoms with Crippen LogP contribution in [-0.4, -0.2) is 52.8 Å². The van der Waals surface area contributed by atoms with Crippen molar-refractivity contribution < 1.29 is 27.9 Å². The van der Waals surface area contributed by atoms with Crippen molar-refractivity contribution in [2.45, 2.75) is 234 Å². The maximum Gasteiger partial charge on any atom is 0.226 e. The van der Waals surface area contributed by atoms with Crippen LogP contribution in [0.25, 0.3) is 0 Å². The molecule has 16 saturated carbocycles. The number of rotatable bonds is 17. The fourth-order valence-corrected chi connectivity index (χ4v) is 24.0. The second-order valence-corrected chi connectivity index (χ2v) is 34.9. The second-order valence-electron chi connectivity index (χ2n) is 34.0. The van der Waals surface area contributed by atoms with E-state index >= 15 is 0 Å². The van der Waals surface area contributed by atoms with Crippen LogP contribution in [0.1, 0.15) is 229 Å². The van der Waals surface area contributed by atoms with Crippen LogP contribution in [0.15, 0.2) is 120 Å². The Hall–Kier alpha value is -6.48. The number of benzene rings is 4. The van der Waals surface area contributed by atoms with E-state index in [-0.39, 0.29) is 21.7 Å². The lowest BCUT2D eigenvalue weighted by atomic mass is 9.49. The Morgan fingerprint density at radius 1 is 0.361 bits per heavy atom. The number of methoxy groups -OCH3 is 1. The van der Waals surface area contributed by atoms with Gasteiger partial charge in [-0.3, -0.25) is 0 Å². The number of halogens is 1. The van der Waals surface area contributed by atoms with Crippen molar-refractivity contribution in [2.24, 2.45) is 71.0 Å². The summed E-state index contributed by atoms with van der Waals surface area (Å²) in [5.41, 5.74) is 7.33. The third-order valence-electron chi connectivity index (χ3n) is 26.5. The summed E-state index contributed by atoms with van der Waals surface area (Å²) in [5, 5.41) is 27.1. The Morgan fingerprint density at radius 2 is 0.629 bits per heavy atom. The number of aromatic hydroxyl groups is 1. The topological polar surface area (TPSA) is 185 Å². The Balaban J connectivity index is 0.0000000975. The molecule has 0 saturated heterocycles. The molecule has 16 fully saturated rings. The lowest BCUT2D eigenvalue weighted by Crippen LogP contribution is -2.49. The van der Waals surface area contributed by atoms with Gasteiger partial charge in [-0.05, 0) is 316 Å². The molecule has 1 N–H and O–H groups in total. The first-order chi connectivity index (χ1) is 47.3. The van der Waals surface area contributed by atoms with E-state index in [1.165, 1.54) is 182 Å². The Morgan fingerprint density at radius 3 is 0.918 bits per heavy atom. The highest BCUT2D eigenvalue weighted by Gasteiger charge is 2.57.